The highest BCUT2D eigenvalue weighted by Crippen LogP contribution is 2.37. The molecular formula is C29H39N3O2. The molecule has 2 aromatic rings. The third-order valence-corrected chi connectivity index (χ3v) is 8.34. The molecule has 5 heteroatoms. The Hall–Kier alpha value is -2.40. The number of carbonyl (C=O) groups is 1. The van der Waals surface area contributed by atoms with Crippen LogP contribution in [-0.4, -0.2) is 53.5 Å². The minimum atomic E-state index is 0.236. The van der Waals surface area contributed by atoms with Crippen molar-refractivity contribution in [1.29, 1.82) is 0 Å². The number of aromatic nitrogens is 1. The van der Waals surface area contributed by atoms with E-state index < -0.39 is 0 Å². The zero-order valence-corrected chi connectivity index (χ0v) is 20.8. The predicted octanol–water partition coefficient (Wildman–Crippen LogP) is 5.57. The molecule has 1 aromatic heterocycles. The number of fused-ring (bicyclic) bond motifs is 1. The van der Waals surface area contributed by atoms with Crippen molar-refractivity contribution in [3.63, 3.8) is 0 Å². The fourth-order valence-electron chi connectivity index (χ4n) is 6.45. The molecule has 2 saturated heterocycles. The molecule has 3 fully saturated rings. The number of methoxy groups -OCH3 is 1. The van der Waals surface area contributed by atoms with Gasteiger partial charge in [-0.1, -0.05) is 25.0 Å². The number of ether oxygens (including phenoxy) is 1. The van der Waals surface area contributed by atoms with Crippen LogP contribution in [0.25, 0.3) is 0 Å². The molecular weight excluding hydrogens is 422 g/mol. The largest absolute Gasteiger partial charge is 0.497 e. The SMILES string of the molecule is COc1ccc(CN2CCC(c3nc(C)ccc3C(=O)N3CCCC4CCCCC43)CC2)cc1. The highest BCUT2D eigenvalue weighted by atomic mass is 16.5. The number of likely N-dealkylation sites (tertiary alicyclic amines) is 2. The molecule has 0 N–H and O–H groups in total. The standard InChI is InChI=1S/C29H39N3O2/c1-21-9-14-26(29(33)32-17-5-7-23-6-3-4-8-27(23)32)28(30-21)24-15-18-31(19-16-24)20-22-10-12-25(34-2)13-11-22/h9-14,23-24,27H,3-8,15-20H2,1-2H3. The second-order valence-electron chi connectivity index (χ2n) is 10.5. The van der Waals surface area contributed by atoms with Gasteiger partial charge >= 0.3 is 0 Å². The zero-order chi connectivity index (χ0) is 23.5. The number of carbonyl (C=O) groups excluding carboxylic acids is 1. The number of hydrogen-bond acceptors (Lipinski definition) is 4. The molecule has 2 unspecified atom stereocenters. The van der Waals surface area contributed by atoms with Crippen LogP contribution in [0, 0.1) is 12.8 Å². The summed E-state index contributed by atoms with van der Waals surface area (Å²) in [6.07, 6.45) is 9.60. The Morgan fingerprint density at radius 2 is 1.68 bits per heavy atom. The molecule has 2 atom stereocenters. The summed E-state index contributed by atoms with van der Waals surface area (Å²) in [4.78, 5) is 23.6. The Bertz CT molecular complexity index is 979. The van der Waals surface area contributed by atoms with Crippen molar-refractivity contribution in [3.8, 4) is 5.75 Å². The Morgan fingerprint density at radius 3 is 2.44 bits per heavy atom. The van der Waals surface area contributed by atoms with Crippen LogP contribution in [0.3, 0.4) is 0 Å². The van der Waals surface area contributed by atoms with E-state index in [-0.39, 0.29) is 5.91 Å². The first-order chi connectivity index (χ1) is 16.6. The van der Waals surface area contributed by atoms with E-state index in [0.29, 0.717) is 17.9 Å². The zero-order valence-electron chi connectivity index (χ0n) is 20.8. The number of pyridine rings is 1. The van der Waals surface area contributed by atoms with Crippen LogP contribution in [-0.2, 0) is 6.54 Å². The van der Waals surface area contributed by atoms with E-state index in [4.69, 9.17) is 9.72 Å². The highest BCUT2D eigenvalue weighted by Gasteiger charge is 2.37. The van der Waals surface area contributed by atoms with Gasteiger partial charge in [-0.2, -0.15) is 0 Å². The summed E-state index contributed by atoms with van der Waals surface area (Å²) in [6, 6.07) is 12.9. The van der Waals surface area contributed by atoms with Crippen molar-refractivity contribution in [3.05, 3.63) is 58.9 Å². The van der Waals surface area contributed by atoms with Crippen LogP contribution in [0.5, 0.6) is 5.75 Å². The van der Waals surface area contributed by atoms with Crippen molar-refractivity contribution in [2.75, 3.05) is 26.7 Å². The average molecular weight is 462 g/mol. The van der Waals surface area contributed by atoms with Crippen molar-refractivity contribution in [1.82, 2.24) is 14.8 Å². The summed E-state index contributed by atoms with van der Waals surface area (Å²) in [5.74, 6) is 2.20. The summed E-state index contributed by atoms with van der Waals surface area (Å²) in [5, 5.41) is 0. The summed E-state index contributed by atoms with van der Waals surface area (Å²) in [7, 11) is 1.71. The lowest BCUT2D eigenvalue weighted by Gasteiger charge is -2.44. The van der Waals surface area contributed by atoms with Gasteiger partial charge in [0.1, 0.15) is 5.75 Å². The lowest BCUT2D eigenvalue weighted by atomic mass is 9.78. The van der Waals surface area contributed by atoms with Crippen molar-refractivity contribution in [2.24, 2.45) is 5.92 Å². The molecule has 1 saturated carbocycles. The molecule has 3 aliphatic rings. The van der Waals surface area contributed by atoms with E-state index in [2.05, 4.69) is 34.9 Å². The topological polar surface area (TPSA) is 45.7 Å². The van der Waals surface area contributed by atoms with Gasteiger partial charge in [0, 0.05) is 30.7 Å². The summed E-state index contributed by atoms with van der Waals surface area (Å²) in [6.45, 7) is 5.99. The maximum atomic E-state index is 13.9. The molecule has 0 radical (unpaired) electrons. The van der Waals surface area contributed by atoms with Crippen LogP contribution in [0.15, 0.2) is 36.4 Å². The van der Waals surface area contributed by atoms with Gasteiger partial charge in [0.15, 0.2) is 0 Å². The molecule has 1 amide bonds. The lowest BCUT2D eigenvalue weighted by Crippen LogP contribution is -2.50. The molecule has 3 heterocycles. The fourth-order valence-corrected chi connectivity index (χ4v) is 6.45. The third-order valence-electron chi connectivity index (χ3n) is 8.34. The smallest absolute Gasteiger partial charge is 0.255 e. The number of amides is 1. The second-order valence-corrected chi connectivity index (χ2v) is 10.5. The molecule has 5 nitrogen and oxygen atoms in total. The maximum absolute atomic E-state index is 13.9. The van der Waals surface area contributed by atoms with E-state index in [0.717, 1.165) is 68.1 Å². The van der Waals surface area contributed by atoms with Gasteiger partial charge < -0.3 is 9.64 Å². The highest BCUT2D eigenvalue weighted by molar-refractivity contribution is 5.95. The normalized spacial score (nSPS) is 24.0. The Balaban J connectivity index is 1.28. The van der Waals surface area contributed by atoms with Gasteiger partial charge in [0.2, 0.25) is 0 Å². The first-order valence-corrected chi connectivity index (χ1v) is 13.3. The summed E-state index contributed by atoms with van der Waals surface area (Å²) < 4.78 is 5.28. The quantitative estimate of drug-likeness (QED) is 0.584. The van der Waals surface area contributed by atoms with Gasteiger partial charge in [-0.3, -0.25) is 14.7 Å². The van der Waals surface area contributed by atoms with E-state index >= 15 is 0 Å². The number of nitrogens with zero attached hydrogens (tertiary/aromatic N) is 3. The predicted molar refractivity (Wildman–Crippen MR) is 135 cm³/mol. The first kappa shape index (κ1) is 23.3. The molecule has 1 aliphatic carbocycles. The molecule has 0 bridgehead atoms. The number of benzene rings is 1. The third kappa shape index (κ3) is 5.00. The number of hydrogen-bond donors (Lipinski definition) is 0. The Labute approximate surface area is 204 Å². The van der Waals surface area contributed by atoms with E-state index in [1.54, 1.807) is 7.11 Å². The van der Waals surface area contributed by atoms with Crippen molar-refractivity contribution >= 4 is 5.91 Å². The van der Waals surface area contributed by atoms with Gasteiger partial charge in [0.25, 0.3) is 5.91 Å². The molecule has 1 aromatic carbocycles. The Morgan fingerprint density at radius 1 is 0.941 bits per heavy atom. The van der Waals surface area contributed by atoms with Gasteiger partial charge in [0.05, 0.1) is 18.4 Å². The first-order valence-electron chi connectivity index (χ1n) is 13.3. The molecule has 0 spiro atoms. The minimum absolute atomic E-state index is 0.236. The van der Waals surface area contributed by atoms with Crippen LogP contribution in [0.4, 0.5) is 0 Å². The second kappa shape index (κ2) is 10.5. The van der Waals surface area contributed by atoms with E-state index in [9.17, 15) is 4.79 Å². The fraction of sp³-hybridized carbons (Fsp3) is 0.586. The number of piperidine rings is 2. The van der Waals surface area contributed by atoms with Crippen LogP contribution < -0.4 is 4.74 Å². The maximum Gasteiger partial charge on any atom is 0.255 e. The van der Waals surface area contributed by atoms with Crippen molar-refractivity contribution < 1.29 is 9.53 Å². The van der Waals surface area contributed by atoms with Crippen LogP contribution in [0.1, 0.15) is 84.6 Å². The Kier molecular flexibility index (Phi) is 7.19. The summed E-state index contributed by atoms with van der Waals surface area (Å²) in [5.41, 5.74) is 4.25. The lowest BCUT2D eigenvalue weighted by molar-refractivity contribution is 0.0388. The number of aryl methyl sites for hydroxylation is 1. The van der Waals surface area contributed by atoms with E-state index in [1.807, 2.05) is 18.2 Å². The van der Waals surface area contributed by atoms with Gasteiger partial charge in [-0.05, 0) is 94.3 Å². The summed E-state index contributed by atoms with van der Waals surface area (Å²) >= 11 is 0. The molecule has 34 heavy (non-hydrogen) atoms. The molecule has 2 aliphatic heterocycles. The monoisotopic (exact) mass is 461 g/mol. The molecule has 182 valence electrons. The number of rotatable bonds is 5. The van der Waals surface area contributed by atoms with E-state index in [1.165, 1.54) is 37.7 Å². The van der Waals surface area contributed by atoms with Crippen LogP contribution >= 0.6 is 0 Å². The van der Waals surface area contributed by atoms with Crippen LogP contribution in [0.2, 0.25) is 0 Å². The molecule has 5 rings (SSSR count). The van der Waals surface area contributed by atoms with Gasteiger partial charge in [-0.15, -0.1) is 0 Å². The van der Waals surface area contributed by atoms with Gasteiger partial charge in [-0.25, -0.2) is 0 Å². The minimum Gasteiger partial charge on any atom is -0.497 e. The van der Waals surface area contributed by atoms with Crippen molar-refractivity contribution in [2.45, 2.75) is 76.8 Å². The average Bonchev–Trinajstić information content (AvgIpc) is 2.89.